The van der Waals surface area contributed by atoms with Crippen molar-refractivity contribution < 1.29 is 4.74 Å². The number of ether oxygens (including phenoxy) is 1. The van der Waals surface area contributed by atoms with Gasteiger partial charge < -0.3 is 4.74 Å². The molecule has 0 amide bonds. The van der Waals surface area contributed by atoms with Gasteiger partial charge in [0, 0.05) is 11.8 Å². The average Bonchev–Trinajstić information content (AvgIpc) is 2.19. The summed E-state index contributed by atoms with van der Waals surface area (Å²) in [7, 11) is 1.65. The van der Waals surface area contributed by atoms with Crippen molar-refractivity contribution in [3.8, 4) is 5.75 Å². The van der Waals surface area contributed by atoms with Gasteiger partial charge in [-0.2, -0.15) is 0 Å². The van der Waals surface area contributed by atoms with E-state index in [1.807, 2.05) is 24.3 Å². The first-order chi connectivity index (χ1) is 6.38. The Morgan fingerprint density at radius 2 is 2.23 bits per heavy atom. The topological polar surface area (TPSA) is 21.6 Å². The number of methoxy groups -OCH3 is 1. The zero-order valence-corrected chi connectivity index (χ0v) is 7.73. The molecule has 1 rings (SSSR count). The molecule has 2 heteroatoms. The van der Waals surface area contributed by atoms with Crippen molar-refractivity contribution >= 4 is 6.21 Å². The van der Waals surface area contributed by atoms with E-state index in [2.05, 4.69) is 11.6 Å². The Balaban J connectivity index is 2.80. The molecule has 0 unspecified atom stereocenters. The van der Waals surface area contributed by atoms with E-state index in [0.29, 0.717) is 6.54 Å². The highest BCUT2D eigenvalue weighted by molar-refractivity contribution is 5.83. The molecule has 0 spiro atoms. The van der Waals surface area contributed by atoms with Crippen LogP contribution in [0.1, 0.15) is 5.56 Å². The lowest BCUT2D eigenvalue weighted by atomic mass is 10.2. The molecule has 0 atom stereocenters. The molecule has 0 radical (unpaired) electrons. The van der Waals surface area contributed by atoms with Crippen LogP contribution in [0.5, 0.6) is 5.75 Å². The molecule has 0 bridgehead atoms. The first-order valence-corrected chi connectivity index (χ1v) is 4.12. The molecular weight excluding hydrogens is 162 g/mol. The van der Waals surface area contributed by atoms with Crippen molar-refractivity contribution in [3.63, 3.8) is 0 Å². The number of benzene rings is 1. The minimum absolute atomic E-state index is 0.637. The Morgan fingerprint density at radius 1 is 1.46 bits per heavy atom. The summed E-state index contributed by atoms with van der Waals surface area (Å²) < 4.78 is 5.16. The fourth-order valence-corrected chi connectivity index (χ4v) is 0.999. The van der Waals surface area contributed by atoms with Crippen LogP contribution in [0.4, 0.5) is 0 Å². The van der Waals surface area contributed by atoms with Crippen molar-refractivity contribution in [2.24, 2.45) is 4.99 Å². The Labute approximate surface area is 78.6 Å². The van der Waals surface area contributed by atoms with Gasteiger partial charge in [-0.05, 0) is 12.1 Å². The Bertz CT molecular complexity index is 305. The van der Waals surface area contributed by atoms with E-state index >= 15 is 0 Å². The minimum atomic E-state index is 0.637. The van der Waals surface area contributed by atoms with Gasteiger partial charge in [0.05, 0.1) is 13.7 Å². The van der Waals surface area contributed by atoms with E-state index in [9.17, 15) is 0 Å². The Hall–Kier alpha value is -1.57. The largest absolute Gasteiger partial charge is 0.496 e. The molecule has 68 valence electrons. The van der Waals surface area contributed by atoms with Crippen LogP contribution in [0.2, 0.25) is 0 Å². The zero-order chi connectivity index (χ0) is 9.52. The summed E-state index contributed by atoms with van der Waals surface area (Å²) in [6, 6.07) is 7.77. The minimum Gasteiger partial charge on any atom is -0.496 e. The fraction of sp³-hybridized carbons (Fsp3) is 0.182. The highest BCUT2D eigenvalue weighted by Gasteiger charge is 1.95. The molecule has 0 N–H and O–H groups in total. The molecular formula is C11H13NO. The lowest BCUT2D eigenvalue weighted by molar-refractivity contribution is 0.414. The smallest absolute Gasteiger partial charge is 0.127 e. The van der Waals surface area contributed by atoms with E-state index < -0.39 is 0 Å². The summed E-state index contributed by atoms with van der Waals surface area (Å²) in [5.74, 6) is 0.843. The molecule has 0 saturated carbocycles. The second-order valence-electron chi connectivity index (χ2n) is 2.52. The van der Waals surface area contributed by atoms with Crippen LogP contribution < -0.4 is 4.74 Å². The van der Waals surface area contributed by atoms with Crippen molar-refractivity contribution in [1.82, 2.24) is 0 Å². The van der Waals surface area contributed by atoms with Crippen molar-refractivity contribution in [2.45, 2.75) is 0 Å². The number of rotatable bonds is 4. The van der Waals surface area contributed by atoms with Gasteiger partial charge >= 0.3 is 0 Å². The molecule has 0 saturated heterocycles. The summed E-state index contributed by atoms with van der Waals surface area (Å²) >= 11 is 0. The average molecular weight is 175 g/mol. The summed E-state index contributed by atoms with van der Waals surface area (Å²) in [4.78, 5) is 4.15. The molecule has 0 aromatic heterocycles. The highest BCUT2D eigenvalue weighted by atomic mass is 16.5. The lowest BCUT2D eigenvalue weighted by Gasteiger charge is -2.02. The molecule has 0 aliphatic heterocycles. The predicted octanol–water partition coefficient (Wildman–Crippen LogP) is 2.30. The third kappa shape index (κ3) is 2.75. The van der Waals surface area contributed by atoms with Crippen LogP contribution in [0.3, 0.4) is 0 Å². The number of hydrogen-bond donors (Lipinski definition) is 0. The van der Waals surface area contributed by atoms with Gasteiger partial charge in [0.15, 0.2) is 0 Å². The number of aliphatic imine (C=N–C) groups is 1. The standard InChI is InChI=1S/C11H13NO/c1-3-8-12-9-10-6-4-5-7-11(10)13-2/h3-7,9H,1,8H2,2H3/b12-9+. The van der Waals surface area contributed by atoms with E-state index in [1.165, 1.54) is 0 Å². The SMILES string of the molecule is C=CC/N=C/c1ccccc1OC. The Morgan fingerprint density at radius 3 is 2.92 bits per heavy atom. The molecule has 13 heavy (non-hydrogen) atoms. The maximum atomic E-state index is 5.16. The first-order valence-electron chi connectivity index (χ1n) is 4.12. The molecule has 0 aliphatic rings. The van der Waals surface area contributed by atoms with E-state index in [1.54, 1.807) is 19.4 Å². The molecule has 1 aromatic carbocycles. The second-order valence-corrected chi connectivity index (χ2v) is 2.52. The van der Waals surface area contributed by atoms with Crippen LogP contribution in [0.25, 0.3) is 0 Å². The van der Waals surface area contributed by atoms with Crippen LogP contribution in [-0.4, -0.2) is 19.9 Å². The van der Waals surface area contributed by atoms with Crippen molar-refractivity contribution in [2.75, 3.05) is 13.7 Å². The normalized spacial score (nSPS) is 10.2. The Kier molecular flexibility index (Phi) is 3.76. The van der Waals surface area contributed by atoms with E-state index in [0.717, 1.165) is 11.3 Å². The van der Waals surface area contributed by atoms with Gasteiger partial charge in [0.25, 0.3) is 0 Å². The molecule has 0 aliphatic carbocycles. The monoisotopic (exact) mass is 175 g/mol. The van der Waals surface area contributed by atoms with Crippen molar-refractivity contribution in [3.05, 3.63) is 42.5 Å². The van der Waals surface area contributed by atoms with Crippen LogP contribution in [0.15, 0.2) is 41.9 Å². The third-order valence-electron chi connectivity index (χ3n) is 1.60. The molecule has 2 nitrogen and oxygen atoms in total. The molecule has 0 fully saturated rings. The summed E-state index contributed by atoms with van der Waals surface area (Å²) in [5.41, 5.74) is 0.992. The number of para-hydroxylation sites is 1. The lowest BCUT2D eigenvalue weighted by Crippen LogP contribution is -1.90. The molecule has 1 aromatic rings. The molecule has 0 heterocycles. The van der Waals surface area contributed by atoms with Gasteiger partial charge in [0.2, 0.25) is 0 Å². The van der Waals surface area contributed by atoms with Gasteiger partial charge in [-0.15, -0.1) is 6.58 Å². The van der Waals surface area contributed by atoms with Gasteiger partial charge in [-0.25, -0.2) is 0 Å². The fourth-order valence-electron chi connectivity index (χ4n) is 0.999. The van der Waals surface area contributed by atoms with Crippen molar-refractivity contribution in [1.29, 1.82) is 0 Å². The van der Waals surface area contributed by atoms with Gasteiger partial charge in [-0.3, -0.25) is 4.99 Å². The number of nitrogens with zero attached hydrogens (tertiary/aromatic N) is 1. The van der Waals surface area contributed by atoms with Crippen LogP contribution in [0, 0.1) is 0 Å². The third-order valence-corrected chi connectivity index (χ3v) is 1.60. The predicted molar refractivity (Wildman–Crippen MR) is 55.7 cm³/mol. The summed E-state index contributed by atoms with van der Waals surface area (Å²) in [6.07, 6.45) is 3.55. The maximum absolute atomic E-state index is 5.16. The highest BCUT2D eigenvalue weighted by Crippen LogP contribution is 2.14. The number of hydrogen-bond acceptors (Lipinski definition) is 2. The first kappa shape index (κ1) is 9.52. The van der Waals surface area contributed by atoms with E-state index in [-0.39, 0.29) is 0 Å². The van der Waals surface area contributed by atoms with Crippen LogP contribution in [-0.2, 0) is 0 Å². The zero-order valence-electron chi connectivity index (χ0n) is 7.73. The van der Waals surface area contributed by atoms with E-state index in [4.69, 9.17) is 4.74 Å². The van der Waals surface area contributed by atoms with Crippen LogP contribution >= 0.6 is 0 Å². The summed E-state index contributed by atoms with van der Waals surface area (Å²) in [6.45, 7) is 4.23. The van der Waals surface area contributed by atoms with Gasteiger partial charge in [-0.1, -0.05) is 18.2 Å². The quantitative estimate of drug-likeness (QED) is 0.508. The summed E-state index contributed by atoms with van der Waals surface area (Å²) in [5, 5.41) is 0. The van der Waals surface area contributed by atoms with Gasteiger partial charge in [0.1, 0.15) is 5.75 Å². The second kappa shape index (κ2) is 5.14. The maximum Gasteiger partial charge on any atom is 0.127 e.